The minimum atomic E-state index is -0.759. The lowest BCUT2D eigenvalue weighted by Gasteiger charge is -2.17. The predicted molar refractivity (Wildman–Crippen MR) is 86.9 cm³/mol. The van der Waals surface area contributed by atoms with Crippen LogP contribution in [-0.2, 0) is 16.8 Å². The van der Waals surface area contributed by atoms with Gasteiger partial charge in [0.2, 0.25) is 0 Å². The second-order valence-electron chi connectivity index (χ2n) is 5.99. The van der Waals surface area contributed by atoms with Gasteiger partial charge >= 0.3 is 5.97 Å². The van der Waals surface area contributed by atoms with E-state index in [0.29, 0.717) is 18.1 Å². The Hall–Kier alpha value is -2.49. The number of hydrogen-bond acceptors (Lipinski definition) is 3. The first kappa shape index (κ1) is 15.4. The van der Waals surface area contributed by atoms with Crippen LogP contribution in [0.25, 0.3) is 0 Å². The first-order valence-corrected chi connectivity index (χ1v) is 7.70. The van der Waals surface area contributed by atoms with E-state index in [1.807, 2.05) is 48.5 Å². The molecule has 23 heavy (non-hydrogen) atoms. The van der Waals surface area contributed by atoms with Gasteiger partial charge in [0.1, 0.15) is 6.61 Å². The van der Waals surface area contributed by atoms with E-state index in [-0.39, 0.29) is 11.8 Å². The highest BCUT2D eigenvalue weighted by Crippen LogP contribution is 2.52. The Morgan fingerprint density at radius 1 is 1.13 bits per heavy atom. The monoisotopic (exact) mass is 312 g/mol. The Labute approximate surface area is 135 Å². The molecule has 120 valence electrons. The zero-order chi connectivity index (χ0) is 16.3. The molecule has 1 N–H and O–H groups in total. The molecule has 1 aliphatic carbocycles. The quantitative estimate of drug-likeness (QED) is 0.845. The number of hydrogen-bond donors (Lipinski definition) is 1. The molecule has 0 saturated heterocycles. The highest BCUT2D eigenvalue weighted by molar-refractivity contribution is 5.70. The molecule has 4 nitrogen and oxygen atoms in total. The lowest BCUT2D eigenvalue weighted by Crippen LogP contribution is -2.13. The van der Waals surface area contributed by atoms with Gasteiger partial charge in [0.05, 0.1) is 13.5 Å². The lowest BCUT2D eigenvalue weighted by atomic mass is 9.92. The van der Waals surface area contributed by atoms with Gasteiger partial charge in [-0.05, 0) is 36.1 Å². The van der Waals surface area contributed by atoms with Crippen molar-refractivity contribution in [1.82, 2.24) is 0 Å². The van der Waals surface area contributed by atoms with E-state index in [9.17, 15) is 4.79 Å². The molecule has 0 atom stereocenters. The molecule has 0 aliphatic heterocycles. The standard InChI is InChI=1S/C19H20O4/c1-22-16-8-7-15(19(9-10-19)12-18(20)21)11-17(16)23-13-14-5-3-2-4-6-14/h2-8,11H,9-10,12-13H2,1H3,(H,20,21). The van der Waals surface area contributed by atoms with Crippen molar-refractivity contribution in [3.63, 3.8) is 0 Å². The molecular formula is C19H20O4. The molecule has 0 heterocycles. The molecule has 4 heteroatoms. The summed E-state index contributed by atoms with van der Waals surface area (Å²) >= 11 is 0. The van der Waals surface area contributed by atoms with Crippen LogP contribution in [0.1, 0.15) is 30.4 Å². The van der Waals surface area contributed by atoms with Crippen LogP contribution in [0.5, 0.6) is 11.5 Å². The van der Waals surface area contributed by atoms with Gasteiger partial charge in [0, 0.05) is 5.41 Å². The third kappa shape index (κ3) is 3.47. The molecule has 0 radical (unpaired) electrons. The zero-order valence-corrected chi connectivity index (χ0v) is 13.1. The summed E-state index contributed by atoms with van der Waals surface area (Å²) in [4.78, 5) is 11.1. The average molecular weight is 312 g/mol. The Kier molecular flexibility index (Phi) is 4.24. The molecule has 0 aromatic heterocycles. The minimum Gasteiger partial charge on any atom is -0.493 e. The summed E-state index contributed by atoms with van der Waals surface area (Å²) < 4.78 is 11.3. The summed E-state index contributed by atoms with van der Waals surface area (Å²) in [5.74, 6) is 0.561. The minimum absolute atomic E-state index is 0.164. The maximum atomic E-state index is 11.1. The molecule has 0 bridgehead atoms. The third-order valence-corrected chi connectivity index (χ3v) is 4.36. The molecule has 1 saturated carbocycles. The molecular weight excluding hydrogens is 292 g/mol. The number of carbonyl (C=O) groups is 1. The molecule has 0 amide bonds. The van der Waals surface area contributed by atoms with Crippen LogP contribution in [-0.4, -0.2) is 18.2 Å². The molecule has 2 aromatic rings. The predicted octanol–water partition coefficient (Wildman–Crippen LogP) is 3.78. The van der Waals surface area contributed by atoms with Crippen LogP contribution >= 0.6 is 0 Å². The summed E-state index contributed by atoms with van der Waals surface area (Å²) in [6.45, 7) is 0.451. The normalized spacial score (nSPS) is 15.0. The van der Waals surface area contributed by atoms with Crippen molar-refractivity contribution in [3.05, 3.63) is 59.7 Å². The fourth-order valence-electron chi connectivity index (χ4n) is 2.86. The van der Waals surface area contributed by atoms with Gasteiger partial charge in [-0.2, -0.15) is 0 Å². The van der Waals surface area contributed by atoms with Gasteiger partial charge in [-0.1, -0.05) is 36.4 Å². The Bertz CT molecular complexity index is 690. The zero-order valence-electron chi connectivity index (χ0n) is 13.1. The largest absolute Gasteiger partial charge is 0.493 e. The number of carboxylic acids is 1. The second kappa shape index (κ2) is 6.32. The molecule has 3 rings (SSSR count). The van der Waals surface area contributed by atoms with Gasteiger partial charge in [0.15, 0.2) is 11.5 Å². The number of carboxylic acid groups (broad SMARTS) is 1. The Morgan fingerprint density at radius 3 is 2.48 bits per heavy atom. The van der Waals surface area contributed by atoms with Gasteiger partial charge in [0.25, 0.3) is 0 Å². The molecule has 1 fully saturated rings. The highest BCUT2D eigenvalue weighted by atomic mass is 16.5. The van der Waals surface area contributed by atoms with E-state index in [0.717, 1.165) is 24.0 Å². The van der Waals surface area contributed by atoms with Crippen LogP contribution in [0.4, 0.5) is 0 Å². The average Bonchev–Trinajstić information content (AvgIpc) is 3.33. The second-order valence-corrected chi connectivity index (χ2v) is 5.99. The fourth-order valence-corrected chi connectivity index (χ4v) is 2.86. The maximum Gasteiger partial charge on any atom is 0.304 e. The van der Waals surface area contributed by atoms with E-state index < -0.39 is 5.97 Å². The van der Waals surface area contributed by atoms with E-state index in [2.05, 4.69) is 0 Å². The van der Waals surface area contributed by atoms with Gasteiger partial charge in [-0.25, -0.2) is 0 Å². The lowest BCUT2D eigenvalue weighted by molar-refractivity contribution is -0.137. The molecule has 1 aliphatic rings. The van der Waals surface area contributed by atoms with E-state index in [1.165, 1.54) is 0 Å². The summed E-state index contributed by atoms with van der Waals surface area (Å²) in [7, 11) is 1.61. The summed E-state index contributed by atoms with van der Waals surface area (Å²) in [5.41, 5.74) is 1.86. The number of benzene rings is 2. The van der Waals surface area contributed by atoms with Crippen molar-refractivity contribution in [2.45, 2.75) is 31.3 Å². The summed E-state index contributed by atoms with van der Waals surface area (Å²) in [6, 6.07) is 15.6. The summed E-state index contributed by atoms with van der Waals surface area (Å²) in [5, 5.41) is 9.12. The third-order valence-electron chi connectivity index (χ3n) is 4.36. The SMILES string of the molecule is COc1ccc(C2(CC(=O)O)CC2)cc1OCc1ccccc1. The van der Waals surface area contributed by atoms with Crippen molar-refractivity contribution in [2.75, 3.05) is 7.11 Å². The number of aliphatic carboxylic acids is 1. The fraction of sp³-hybridized carbons (Fsp3) is 0.316. The topological polar surface area (TPSA) is 55.8 Å². The molecule has 0 unspecified atom stereocenters. The van der Waals surface area contributed by atoms with Crippen molar-refractivity contribution < 1.29 is 19.4 Å². The smallest absolute Gasteiger partial charge is 0.304 e. The van der Waals surface area contributed by atoms with Crippen molar-refractivity contribution in [1.29, 1.82) is 0 Å². The van der Waals surface area contributed by atoms with Crippen molar-refractivity contribution in [2.24, 2.45) is 0 Å². The molecule has 2 aromatic carbocycles. The number of ether oxygens (including phenoxy) is 2. The van der Waals surface area contributed by atoms with Gasteiger partial charge in [-0.15, -0.1) is 0 Å². The van der Waals surface area contributed by atoms with Crippen LogP contribution in [0.2, 0.25) is 0 Å². The maximum absolute atomic E-state index is 11.1. The van der Waals surface area contributed by atoms with E-state index in [1.54, 1.807) is 7.11 Å². The van der Waals surface area contributed by atoms with E-state index in [4.69, 9.17) is 14.6 Å². The van der Waals surface area contributed by atoms with Gasteiger partial charge in [-0.3, -0.25) is 4.79 Å². The van der Waals surface area contributed by atoms with Crippen LogP contribution in [0.3, 0.4) is 0 Å². The van der Waals surface area contributed by atoms with Crippen LogP contribution in [0.15, 0.2) is 48.5 Å². The highest BCUT2D eigenvalue weighted by Gasteiger charge is 2.46. The number of methoxy groups -OCH3 is 1. The first-order valence-electron chi connectivity index (χ1n) is 7.70. The van der Waals surface area contributed by atoms with Gasteiger partial charge < -0.3 is 14.6 Å². The Balaban J connectivity index is 1.81. The Morgan fingerprint density at radius 2 is 1.87 bits per heavy atom. The van der Waals surface area contributed by atoms with Crippen LogP contribution < -0.4 is 9.47 Å². The van der Waals surface area contributed by atoms with Crippen molar-refractivity contribution >= 4 is 5.97 Å². The van der Waals surface area contributed by atoms with Crippen LogP contribution in [0, 0.1) is 0 Å². The molecule has 0 spiro atoms. The number of rotatable bonds is 7. The summed E-state index contributed by atoms with van der Waals surface area (Å²) in [6.07, 6.45) is 1.98. The van der Waals surface area contributed by atoms with E-state index >= 15 is 0 Å². The first-order chi connectivity index (χ1) is 11.1. The van der Waals surface area contributed by atoms with Crippen molar-refractivity contribution in [3.8, 4) is 11.5 Å².